The number of aromatic nitrogens is 5. The predicted molar refractivity (Wildman–Crippen MR) is 69.1 cm³/mol. The molecule has 0 saturated heterocycles. The van der Waals surface area contributed by atoms with Crippen LogP contribution in [0.4, 0.5) is 0 Å². The van der Waals surface area contributed by atoms with E-state index in [0.717, 1.165) is 39.5 Å². The largest absolute Gasteiger partial charge is 0.336 e. The maximum atomic E-state index is 4.51. The fourth-order valence-corrected chi connectivity index (χ4v) is 1.95. The molecule has 0 fully saturated rings. The molecule has 0 atom stereocenters. The van der Waals surface area contributed by atoms with Gasteiger partial charge in [0.25, 0.3) is 0 Å². The molecule has 0 aliphatic rings. The number of nitrogens with one attached hydrogen (secondary N) is 1. The number of H-pyrrole nitrogens is 1. The molecule has 3 rings (SSSR count). The van der Waals surface area contributed by atoms with Gasteiger partial charge in [0.2, 0.25) is 0 Å². The minimum atomic E-state index is 0.735. The van der Waals surface area contributed by atoms with E-state index in [4.69, 9.17) is 0 Å². The minimum absolute atomic E-state index is 0.735. The van der Waals surface area contributed by atoms with E-state index in [2.05, 4.69) is 25.1 Å². The highest BCUT2D eigenvalue weighted by Crippen LogP contribution is 2.23. The van der Waals surface area contributed by atoms with Gasteiger partial charge in [0.15, 0.2) is 5.65 Å². The Labute approximate surface area is 104 Å². The topological polar surface area (TPSA) is 67.3 Å². The van der Waals surface area contributed by atoms with Crippen molar-refractivity contribution in [3.05, 3.63) is 35.3 Å². The van der Waals surface area contributed by atoms with Crippen molar-refractivity contribution in [1.29, 1.82) is 0 Å². The molecule has 0 spiro atoms. The van der Waals surface area contributed by atoms with Crippen LogP contribution in [0.25, 0.3) is 22.6 Å². The van der Waals surface area contributed by atoms with E-state index in [1.165, 1.54) is 0 Å². The first-order chi connectivity index (χ1) is 8.65. The van der Waals surface area contributed by atoms with Crippen LogP contribution in [0.5, 0.6) is 0 Å². The molecule has 1 N–H and O–H groups in total. The van der Waals surface area contributed by atoms with E-state index in [1.807, 2.05) is 32.9 Å². The zero-order valence-electron chi connectivity index (χ0n) is 10.5. The highest BCUT2D eigenvalue weighted by atomic mass is 15.1. The smallest absolute Gasteiger partial charge is 0.178 e. The van der Waals surface area contributed by atoms with Crippen molar-refractivity contribution in [2.45, 2.75) is 20.8 Å². The van der Waals surface area contributed by atoms with Crippen LogP contribution in [0.3, 0.4) is 0 Å². The van der Waals surface area contributed by atoms with Crippen LogP contribution >= 0.6 is 0 Å². The molecule has 0 unspecified atom stereocenters. The Morgan fingerprint density at radius 1 is 1.11 bits per heavy atom. The molecular weight excluding hydrogens is 226 g/mol. The lowest BCUT2D eigenvalue weighted by Crippen LogP contribution is -1.94. The Morgan fingerprint density at radius 3 is 2.72 bits per heavy atom. The van der Waals surface area contributed by atoms with E-state index in [0.29, 0.717) is 0 Å². The van der Waals surface area contributed by atoms with Crippen molar-refractivity contribution < 1.29 is 0 Å². The molecule has 0 bridgehead atoms. The van der Waals surface area contributed by atoms with Crippen LogP contribution in [0.15, 0.2) is 18.3 Å². The molecular formula is C13H13N5. The van der Waals surface area contributed by atoms with Gasteiger partial charge in [-0.3, -0.25) is 0 Å². The second-order valence-electron chi connectivity index (χ2n) is 4.40. The number of hydrogen-bond donors (Lipinski definition) is 1. The second-order valence-corrected chi connectivity index (χ2v) is 4.40. The Morgan fingerprint density at radius 2 is 1.94 bits per heavy atom. The molecule has 5 heteroatoms. The summed E-state index contributed by atoms with van der Waals surface area (Å²) in [5, 5.41) is 8.15. The fourth-order valence-electron chi connectivity index (χ4n) is 1.95. The molecule has 0 saturated carbocycles. The van der Waals surface area contributed by atoms with Gasteiger partial charge in [0, 0.05) is 11.8 Å². The summed E-state index contributed by atoms with van der Waals surface area (Å²) < 4.78 is 0. The number of hydrogen-bond acceptors (Lipinski definition) is 4. The minimum Gasteiger partial charge on any atom is -0.336 e. The molecule has 0 aromatic carbocycles. The Hall–Kier alpha value is -2.30. The van der Waals surface area contributed by atoms with E-state index in [1.54, 1.807) is 6.20 Å². The standard InChI is InChI=1S/C13H13N5/c1-7-4-5-14-13-11(7)15-12(16-13)10-6-8(2)17-18-9(10)3/h4-6H,1-3H3,(H,14,15,16). The molecule has 5 nitrogen and oxygen atoms in total. The first-order valence-electron chi connectivity index (χ1n) is 5.78. The molecule has 0 radical (unpaired) electrons. The van der Waals surface area contributed by atoms with Crippen LogP contribution in [-0.4, -0.2) is 25.1 Å². The van der Waals surface area contributed by atoms with E-state index in [-0.39, 0.29) is 0 Å². The molecule has 0 amide bonds. The summed E-state index contributed by atoms with van der Waals surface area (Å²) >= 11 is 0. The van der Waals surface area contributed by atoms with Gasteiger partial charge in [0.05, 0.1) is 16.9 Å². The number of imidazole rings is 1. The first kappa shape index (κ1) is 10.8. The lowest BCUT2D eigenvalue weighted by molar-refractivity contribution is 0.940. The summed E-state index contributed by atoms with van der Waals surface area (Å²) in [7, 11) is 0. The van der Waals surface area contributed by atoms with Gasteiger partial charge in [-0.1, -0.05) is 0 Å². The average Bonchev–Trinajstić information content (AvgIpc) is 2.77. The third kappa shape index (κ3) is 1.64. The van der Waals surface area contributed by atoms with Gasteiger partial charge in [0.1, 0.15) is 5.82 Å². The van der Waals surface area contributed by atoms with Crippen LogP contribution in [0.1, 0.15) is 17.0 Å². The predicted octanol–water partition coefficient (Wildman–Crippen LogP) is 2.34. The fraction of sp³-hybridized carbons (Fsp3) is 0.231. The van der Waals surface area contributed by atoms with E-state index < -0.39 is 0 Å². The number of aryl methyl sites for hydroxylation is 3. The number of aromatic amines is 1. The quantitative estimate of drug-likeness (QED) is 0.707. The Kier molecular flexibility index (Phi) is 2.33. The zero-order valence-corrected chi connectivity index (χ0v) is 10.5. The number of pyridine rings is 1. The highest BCUT2D eigenvalue weighted by Gasteiger charge is 2.11. The van der Waals surface area contributed by atoms with Crippen LogP contribution in [0, 0.1) is 20.8 Å². The van der Waals surface area contributed by atoms with Crippen molar-refractivity contribution in [3.63, 3.8) is 0 Å². The van der Waals surface area contributed by atoms with Crippen molar-refractivity contribution in [2.24, 2.45) is 0 Å². The van der Waals surface area contributed by atoms with Crippen molar-refractivity contribution in [1.82, 2.24) is 25.1 Å². The van der Waals surface area contributed by atoms with Crippen LogP contribution in [-0.2, 0) is 0 Å². The zero-order chi connectivity index (χ0) is 12.7. The highest BCUT2D eigenvalue weighted by molar-refractivity contribution is 5.79. The lowest BCUT2D eigenvalue weighted by Gasteiger charge is -2.01. The van der Waals surface area contributed by atoms with Crippen molar-refractivity contribution in [3.8, 4) is 11.4 Å². The molecule has 3 heterocycles. The number of fused-ring (bicyclic) bond motifs is 1. The summed E-state index contributed by atoms with van der Waals surface area (Å²) in [5.74, 6) is 0.794. The van der Waals surface area contributed by atoms with Crippen LogP contribution < -0.4 is 0 Å². The third-order valence-electron chi connectivity index (χ3n) is 2.96. The lowest BCUT2D eigenvalue weighted by atomic mass is 10.2. The molecule has 3 aromatic rings. The van der Waals surface area contributed by atoms with Gasteiger partial charge in [-0.25, -0.2) is 9.97 Å². The third-order valence-corrected chi connectivity index (χ3v) is 2.96. The molecule has 90 valence electrons. The molecule has 0 aliphatic carbocycles. The van der Waals surface area contributed by atoms with Crippen molar-refractivity contribution in [2.75, 3.05) is 0 Å². The molecule has 18 heavy (non-hydrogen) atoms. The maximum Gasteiger partial charge on any atom is 0.178 e. The normalized spacial score (nSPS) is 11.1. The Balaban J connectivity index is 2.26. The van der Waals surface area contributed by atoms with Gasteiger partial charge in [-0.05, 0) is 38.5 Å². The summed E-state index contributed by atoms with van der Waals surface area (Å²) in [6.07, 6.45) is 1.77. The first-order valence-corrected chi connectivity index (χ1v) is 5.78. The summed E-state index contributed by atoms with van der Waals surface area (Å²) in [6, 6.07) is 3.95. The second kappa shape index (κ2) is 3.87. The van der Waals surface area contributed by atoms with Gasteiger partial charge >= 0.3 is 0 Å². The van der Waals surface area contributed by atoms with Gasteiger partial charge in [-0.2, -0.15) is 10.2 Å². The van der Waals surface area contributed by atoms with E-state index >= 15 is 0 Å². The SMILES string of the molecule is Cc1cc(-c2nc3nccc(C)c3[nH]2)c(C)nn1. The van der Waals surface area contributed by atoms with Crippen molar-refractivity contribution >= 4 is 11.2 Å². The maximum absolute atomic E-state index is 4.51. The summed E-state index contributed by atoms with van der Waals surface area (Å²) in [4.78, 5) is 12.1. The van der Waals surface area contributed by atoms with Crippen LogP contribution in [0.2, 0.25) is 0 Å². The number of nitrogens with zero attached hydrogens (tertiary/aromatic N) is 4. The summed E-state index contributed by atoms with van der Waals surface area (Å²) in [5.41, 5.74) is 5.55. The van der Waals surface area contributed by atoms with Gasteiger partial charge < -0.3 is 4.98 Å². The Bertz CT molecular complexity index is 729. The van der Waals surface area contributed by atoms with E-state index in [9.17, 15) is 0 Å². The molecule has 3 aromatic heterocycles. The number of rotatable bonds is 1. The average molecular weight is 239 g/mol. The van der Waals surface area contributed by atoms with Gasteiger partial charge in [-0.15, -0.1) is 0 Å². The summed E-state index contributed by atoms with van der Waals surface area (Å²) in [6.45, 7) is 5.88. The molecule has 0 aliphatic heterocycles. The monoisotopic (exact) mass is 239 g/mol.